The molecule has 18 heavy (non-hydrogen) atoms. The molecule has 0 bridgehead atoms. The van der Waals surface area contributed by atoms with Crippen LogP contribution in [-0.2, 0) is 16.4 Å². The fourth-order valence-corrected chi connectivity index (χ4v) is 2.66. The zero-order valence-electron chi connectivity index (χ0n) is 9.64. The van der Waals surface area contributed by atoms with Crippen molar-refractivity contribution >= 4 is 31.8 Å². The molecule has 0 aliphatic carbocycles. The first-order valence-corrected chi connectivity index (χ1v) is 7.61. The van der Waals surface area contributed by atoms with E-state index < -0.39 is 10.0 Å². The Balaban J connectivity index is 2.24. The van der Waals surface area contributed by atoms with E-state index >= 15 is 0 Å². The molecule has 0 amide bonds. The van der Waals surface area contributed by atoms with Gasteiger partial charge in [-0.3, -0.25) is 9.82 Å². The molecule has 0 saturated carbocycles. The fourth-order valence-electron chi connectivity index (χ4n) is 1.41. The monoisotopic (exact) mass is 329 g/mol. The van der Waals surface area contributed by atoms with Gasteiger partial charge in [0.2, 0.25) is 0 Å². The van der Waals surface area contributed by atoms with E-state index in [9.17, 15) is 8.42 Å². The summed E-state index contributed by atoms with van der Waals surface area (Å²) in [5, 5.41) is 6.64. The Morgan fingerprint density at radius 3 is 2.56 bits per heavy atom. The summed E-state index contributed by atoms with van der Waals surface area (Å²) < 4.78 is 27.3. The third kappa shape index (κ3) is 2.91. The van der Waals surface area contributed by atoms with Crippen molar-refractivity contribution in [3.05, 3.63) is 40.5 Å². The molecule has 1 heterocycles. The normalized spacial score (nSPS) is 11.4. The minimum Gasteiger partial charge on any atom is -0.280 e. The molecule has 0 fully saturated rings. The smallest absolute Gasteiger partial charge is 0.263 e. The molecule has 0 spiro atoms. The molecule has 7 heteroatoms. The fraction of sp³-hybridized carbons (Fsp3) is 0.182. The molecule has 1 aromatic carbocycles. The quantitative estimate of drug-likeness (QED) is 0.905. The van der Waals surface area contributed by atoms with Gasteiger partial charge >= 0.3 is 0 Å². The van der Waals surface area contributed by atoms with E-state index in [-0.39, 0.29) is 4.90 Å². The summed E-state index contributed by atoms with van der Waals surface area (Å²) in [6.07, 6.45) is 0.771. The lowest BCUT2D eigenvalue weighted by Gasteiger charge is -2.04. The molecule has 0 atom stereocenters. The van der Waals surface area contributed by atoms with Crippen LogP contribution >= 0.6 is 15.9 Å². The Bertz CT molecular complexity index is 635. The standard InChI is InChI=1S/C11H12BrN3O2S/c1-2-9-7-11(14-13-9)15-18(16,17)10-5-3-8(12)4-6-10/h3-7H,2H2,1H3,(H2,13,14,15). The second kappa shape index (κ2) is 5.11. The number of nitrogens with zero attached hydrogens (tertiary/aromatic N) is 1. The molecule has 2 N–H and O–H groups in total. The van der Waals surface area contributed by atoms with Gasteiger partial charge in [-0.1, -0.05) is 22.9 Å². The Kier molecular flexibility index (Phi) is 3.72. The lowest BCUT2D eigenvalue weighted by Crippen LogP contribution is -2.13. The van der Waals surface area contributed by atoms with Gasteiger partial charge in [-0.15, -0.1) is 0 Å². The zero-order chi connectivity index (χ0) is 13.2. The van der Waals surface area contributed by atoms with Gasteiger partial charge < -0.3 is 0 Å². The average molecular weight is 330 g/mol. The van der Waals surface area contributed by atoms with E-state index in [2.05, 4.69) is 30.8 Å². The molecule has 5 nitrogen and oxygen atoms in total. The SMILES string of the molecule is CCc1cc(NS(=O)(=O)c2ccc(Br)cc2)n[nH]1. The molecule has 2 rings (SSSR count). The van der Waals surface area contributed by atoms with Crippen molar-refractivity contribution in [2.45, 2.75) is 18.2 Å². The number of anilines is 1. The number of aromatic amines is 1. The van der Waals surface area contributed by atoms with E-state index in [0.29, 0.717) is 5.82 Å². The summed E-state index contributed by atoms with van der Waals surface area (Å²) in [4.78, 5) is 0.201. The maximum atomic E-state index is 12.0. The Morgan fingerprint density at radius 1 is 1.33 bits per heavy atom. The van der Waals surface area contributed by atoms with Crippen molar-refractivity contribution in [3.63, 3.8) is 0 Å². The minimum atomic E-state index is -3.58. The predicted octanol–water partition coefficient (Wildman–Crippen LogP) is 2.54. The maximum Gasteiger partial charge on any atom is 0.263 e. The second-order valence-electron chi connectivity index (χ2n) is 3.69. The molecule has 0 aliphatic rings. The van der Waals surface area contributed by atoms with Gasteiger partial charge in [0.05, 0.1) is 4.90 Å². The van der Waals surface area contributed by atoms with Crippen LogP contribution < -0.4 is 4.72 Å². The number of nitrogens with one attached hydrogen (secondary N) is 2. The molecule has 2 aromatic rings. The van der Waals surface area contributed by atoms with Crippen LogP contribution in [0.15, 0.2) is 39.7 Å². The van der Waals surface area contributed by atoms with E-state index in [4.69, 9.17) is 0 Å². The molecule has 0 radical (unpaired) electrons. The van der Waals surface area contributed by atoms with E-state index in [1.54, 1.807) is 18.2 Å². The number of aromatic nitrogens is 2. The highest BCUT2D eigenvalue weighted by Gasteiger charge is 2.15. The van der Waals surface area contributed by atoms with Crippen LogP contribution in [-0.4, -0.2) is 18.6 Å². The molecular formula is C11H12BrN3O2S. The number of sulfonamides is 1. The van der Waals surface area contributed by atoms with Crippen LogP contribution in [0.1, 0.15) is 12.6 Å². The average Bonchev–Trinajstić information content (AvgIpc) is 2.76. The lowest BCUT2D eigenvalue weighted by atomic mass is 10.3. The van der Waals surface area contributed by atoms with Crippen molar-refractivity contribution in [2.24, 2.45) is 0 Å². The maximum absolute atomic E-state index is 12.0. The van der Waals surface area contributed by atoms with Crippen LogP contribution in [0.2, 0.25) is 0 Å². The molecule has 0 unspecified atom stereocenters. The number of aryl methyl sites for hydroxylation is 1. The number of hydrogen-bond donors (Lipinski definition) is 2. The van der Waals surface area contributed by atoms with Gasteiger partial charge in [0, 0.05) is 16.2 Å². The van der Waals surface area contributed by atoms with Crippen LogP contribution in [0.4, 0.5) is 5.82 Å². The largest absolute Gasteiger partial charge is 0.280 e. The Morgan fingerprint density at radius 2 is 2.00 bits per heavy atom. The van der Waals surface area contributed by atoms with Gasteiger partial charge in [-0.2, -0.15) is 5.10 Å². The number of hydrogen-bond acceptors (Lipinski definition) is 3. The highest BCUT2D eigenvalue weighted by Crippen LogP contribution is 2.17. The lowest BCUT2D eigenvalue weighted by molar-refractivity contribution is 0.601. The topological polar surface area (TPSA) is 74.8 Å². The van der Waals surface area contributed by atoms with Gasteiger partial charge in [0.15, 0.2) is 5.82 Å². The van der Waals surface area contributed by atoms with Gasteiger partial charge in [-0.05, 0) is 30.7 Å². The number of rotatable bonds is 4. The molecule has 1 aromatic heterocycles. The van der Waals surface area contributed by atoms with E-state index in [1.807, 2.05) is 6.92 Å². The number of halogens is 1. The van der Waals surface area contributed by atoms with Gasteiger partial charge in [-0.25, -0.2) is 8.42 Å². The predicted molar refractivity (Wildman–Crippen MR) is 72.9 cm³/mol. The van der Waals surface area contributed by atoms with Crippen molar-refractivity contribution < 1.29 is 8.42 Å². The molecule has 0 saturated heterocycles. The Labute approximate surface area is 114 Å². The van der Waals surface area contributed by atoms with Gasteiger partial charge in [0.1, 0.15) is 0 Å². The first kappa shape index (κ1) is 13.1. The Hall–Kier alpha value is -1.34. The summed E-state index contributed by atoms with van der Waals surface area (Å²) in [5.41, 5.74) is 0.878. The third-order valence-electron chi connectivity index (χ3n) is 2.37. The minimum absolute atomic E-state index is 0.201. The summed E-state index contributed by atoms with van der Waals surface area (Å²) in [5.74, 6) is 0.301. The molecule has 96 valence electrons. The summed E-state index contributed by atoms with van der Waals surface area (Å²) in [6, 6.07) is 8.09. The van der Waals surface area contributed by atoms with Crippen molar-refractivity contribution in [2.75, 3.05) is 4.72 Å². The van der Waals surface area contributed by atoms with Crippen LogP contribution in [0.25, 0.3) is 0 Å². The first-order chi connectivity index (χ1) is 8.51. The van der Waals surface area contributed by atoms with Crippen molar-refractivity contribution in [3.8, 4) is 0 Å². The summed E-state index contributed by atoms with van der Waals surface area (Å²) >= 11 is 3.26. The molecule has 0 aliphatic heterocycles. The number of benzene rings is 1. The summed E-state index contributed by atoms with van der Waals surface area (Å²) in [7, 11) is -3.58. The molecular weight excluding hydrogens is 318 g/mol. The highest BCUT2D eigenvalue weighted by molar-refractivity contribution is 9.10. The zero-order valence-corrected chi connectivity index (χ0v) is 12.0. The highest BCUT2D eigenvalue weighted by atomic mass is 79.9. The van der Waals surface area contributed by atoms with Crippen LogP contribution in [0.3, 0.4) is 0 Å². The van der Waals surface area contributed by atoms with E-state index in [0.717, 1.165) is 16.6 Å². The third-order valence-corrected chi connectivity index (χ3v) is 4.27. The van der Waals surface area contributed by atoms with Crippen molar-refractivity contribution in [1.29, 1.82) is 0 Å². The first-order valence-electron chi connectivity index (χ1n) is 5.34. The van der Waals surface area contributed by atoms with E-state index in [1.165, 1.54) is 12.1 Å². The summed E-state index contributed by atoms with van der Waals surface area (Å²) in [6.45, 7) is 1.96. The number of H-pyrrole nitrogens is 1. The van der Waals surface area contributed by atoms with Crippen LogP contribution in [0, 0.1) is 0 Å². The van der Waals surface area contributed by atoms with Crippen molar-refractivity contribution in [1.82, 2.24) is 10.2 Å². The second-order valence-corrected chi connectivity index (χ2v) is 6.29. The van der Waals surface area contributed by atoms with Gasteiger partial charge in [0.25, 0.3) is 10.0 Å². The van der Waals surface area contributed by atoms with Crippen LogP contribution in [0.5, 0.6) is 0 Å².